The molecule has 0 aliphatic carbocycles. The third-order valence-electron chi connectivity index (χ3n) is 8.05. The average molecular weight is 619 g/mol. The van der Waals surface area contributed by atoms with Gasteiger partial charge in [-0.15, -0.1) is 0 Å². The average Bonchev–Trinajstić information content (AvgIpc) is 3.05. The van der Waals surface area contributed by atoms with Gasteiger partial charge in [0.1, 0.15) is 6.29 Å². The maximum atomic E-state index is 11.8. The van der Waals surface area contributed by atoms with Crippen LogP contribution in [0.25, 0.3) is 0 Å². The molecule has 0 aliphatic heterocycles. The lowest BCUT2D eigenvalue weighted by atomic mass is 9.83. The number of rotatable bonds is 23. The van der Waals surface area contributed by atoms with E-state index in [1.54, 1.807) is 7.11 Å². The van der Waals surface area contributed by atoms with Crippen molar-refractivity contribution in [3.63, 3.8) is 0 Å². The fourth-order valence-corrected chi connectivity index (χ4v) is 5.04. The molecule has 6 heteroatoms. The Hall–Kier alpha value is -2.28. The minimum absolute atomic E-state index is 0.103. The summed E-state index contributed by atoms with van der Waals surface area (Å²) in [6.45, 7) is 20.2. The van der Waals surface area contributed by atoms with Gasteiger partial charge < -0.3 is 19.7 Å². The van der Waals surface area contributed by atoms with Crippen LogP contribution in [0.4, 0.5) is 0 Å². The second-order valence-electron chi connectivity index (χ2n) is 11.7. The second kappa shape index (κ2) is 29.4. The smallest absolute Gasteiger partial charge is 0.335 e. The number of aryl methyl sites for hydroxylation is 3. The molecule has 0 aromatic heterocycles. The first-order valence-electron chi connectivity index (χ1n) is 16.9. The van der Waals surface area contributed by atoms with Crippen molar-refractivity contribution in [2.24, 2.45) is 17.8 Å². The molecule has 0 aliphatic rings. The van der Waals surface area contributed by atoms with E-state index in [2.05, 4.69) is 59.1 Å². The van der Waals surface area contributed by atoms with Gasteiger partial charge in [-0.25, -0.2) is 4.79 Å². The highest BCUT2D eigenvalue weighted by molar-refractivity contribution is 5.87. The molecule has 6 nitrogen and oxygen atoms in total. The van der Waals surface area contributed by atoms with E-state index >= 15 is 0 Å². The van der Waals surface area contributed by atoms with Gasteiger partial charge in [-0.1, -0.05) is 111 Å². The third-order valence-corrected chi connectivity index (χ3v) is 8.05. The van der Waals surface area contributed by atoms with Crippen LogP contribution >= 0.6 is 0 Å². The molecule has 0 radical (unpaired) electrons. The molecule has 3 atom stereocenters. The Kier molecular flexibility index (Phi) is 29.3. The van der Waals surface area contributed by atoms with E-state index in [9.17, 15) is 9.59 Å². The van der Waals surface area contributed by atoms with E-state index in [0.717, 1.165) is 25.2 Å². The number of esters is 1. The predicted molar refractivity (Wildman–Crippen MR) is 185 cm³/mol. The lowest BCUT2D eigenvalue weighted by Crippen LogP contribution is -2.22. The molecule has 0 saturated carbocycles. The number of aliphatic hydroxyl groups is 2. The maximum Gasteiger partial charge on any atom is 0.335 e. The van der Waals surface area contributed by atoms with Crippen LogP contribution in [0.5, 0.6) is 0 Å². The topological polar surface area (TPSA) is 93.1 Å². The first kappa shape index (κ1) is 43.8. The molecule has 0 saturated heterocycles. The van der Waals surface area contributed by atoms with Crippen LogP contribution in [0.15, 0.2) is 42.5 Å². The Balaban J connectivity index is 0. The van der Waals surface area contributed by atoms with Crippen LogP contribution in [-0.2, 0) is 31.9 Å². The summed E-state index contributed by atoms with van der Waals surface area (Å²) in [6, 6.07) is 7.14. The molecule has 254 valence electrons. The van der Waals surface area contributed by atoms with Gasteiger partial charge in [-0.05, 0) is 73.5 Å². The molecule has 44 heavy (non-hydrogen) atoms. The molecule has 0 bridgehead atoms. The summed E-state index contributed by atoms with van der Waals surface area (Å²) in [6.07, 6.45) is 15.0. The zero-order valence-corrected chi connectivity index (χ0v) is 29.3. The van der Waals surface area contributed by atoms with E-state index < -0.39 is 5.97 Å². The van der Waals surface area contributed by atoms with Crippen molar-refractivity contribution in [3.8, 4) is 0 Å². The molecule has 0 amide bonds. The number of aldehydes is 1. The Morgan fingerprint density at radius 1 is 0.932 bits per heavy atom. The summed E-state index contributed by atoms with van der Waals surface area (Å²) in [5, 5.41) is 17.0. The number of hydrogen-bond donors (Lipinski definition) is 2. The van der Waals surface area contributed by atoms with Crippen LogP contribution in [0, 0.1) is 24.7 Å². The number of benzene rings is 1. The quantitative estimate of drug-likeness (QED) is 0.0554. The fraction of sp³-hybridized carbons (Fsp3) is 0.684. The zero-order chi connectivity index (χ0) is 33.8. The molecule has 1 aromatic carbocycles. The first-order chi connectivity index (χ1) is 21.2. The Morgan fingerprint density at radius 3 is 2.14 bits per heavy atom. The van der Waals surface area contributed by atoms with Crippen molar-refractivity contribution in [1.82, 2.24) is 0 Å². The van der Waals surface area contributed by atoms with Crippen molar-refractivity contribution in [3.05, 3.63) is 59.2 Å². The van der Waals surface area contributed by atoms with Gasteiger partial charge in [0.05, 0.1) is 25.4 Å². The SMILES string of the molecule is C=C(C=O)CO.C=C(CO)C(=O)OCCC(COC)C(C)CCC(CCCC)CCc1ccc(CCCCC)c(C)c1.CC. The lowest BCUT2D eigenvalue weighted by molar-refractivity contribution is -0.140. The van der Waals surface area contributed by atoms with E-state index in [0.29, 0.717) is 31.3 Å². The molecule has 3 unspecified atom stereocenters. The van der Waals surface area contributed by atoms with Gasteiger partial charge in [0, 0.05) is 19.3 Å². The molecule has 0 spiro atoms. The van der Waals surface area contributed by atoms with E-state index in [1.165, 1.54) is 74.5 Å². The number of ether oxygens (including phenoxy) is 2. The minimum Gasteiger partial charge on any atom is -0.462 e. The largest absolute Gasteiger partial charge is 0.462 e. The van der Waals surface area contributed by atoms with Crippen LogP contribution in [0.2, 0.25) is 0 Å². The number of carbonyl (C=O) groups is 2. The number of aliphatic hydroxyl groups excluding tert-OH is 2. The van der Waals surface area contributed by atoms with E-state index in [4.69, 9.17) is 19.7 Å². The maximum absolute atomic E-state index is 11.8. The standard InChI is InChI=1S/C32H54O4.C4H6O2.C2H6/c1-7-9-11-13-30-19-18-29(22-26(30)4)17-16-28(12-10-8-2)15-14-25(3)31(24-35-6)20-21-36-32(34)27(5)23-33;1-4(2-5)3-6;1-2/h18-19,22,25,28,31,33H,5,7-17,20-21,23-24H2,1-4,6H3;2,6H,1,3H2;1-2H3. The number of methoxy groups -OCH3 is 1. The summed E-state index contributed by atoms with van der Waals surface area (Å²) in [7, 11) is 1.74. The zero-order valence-electron chi connectivity index (χ0n) is 29.3. The van der Waals surface area contributed by atoms with Gasteiger partial charge in [0.25, 0.3) is 0 Å². The third kappa shape index (κ3) is 21.4. The van der Waals surface area contributed by atoms with Crippen molar-refractivity contribution in [2.75, 3.05) is 33.5 Å². The van der Waals surface area contributed by atoms with Crippen molar-refractivity contribution >= 4 is 12.3 Å². The Morgan fingerprint density at radius 2 is 1.61 bits per heavy atom. The molecule has 1 rings (SSSR count). The Bertz CT molecular complexity index is 893. The predicted octanol–water partition coefficient (Wildman–Crippen LogP) is 8.39. The molecule has 1 aromatic rings. The van der Waals surface area contributed by atoms with Gasteiger partial charge >= 0.3 is 5.97 Å². The second-order valence-corrected chi connectivity index (χ2v) is 11.7. The molecule has 0 heterocycles. The number of unbranched alkanes of at least 4 members (excludes halogenated alkanes) is 3. The van der Waals surface area contributed by atoms with Crippen LogP contribution in [0.3, 0.4) is 0 Å². The number of hydrogen-bond acceptors (Lipinski definition) is 6. The molecular weight excluding hydrogens is 552 g/mol. The highest BCUT2D eigenvalue weighted by Crippen LogP contribution is 2.28. The van der Waals surface area contributed by atoms with Crippen molar-refractivity contribution in [1.29, 1.82) is 0 Å². The summed E-state index contributed by atoms with van der Waals surface area (Å²) in [4.78, 5) is 21.2. The van der Waals surface area contributed by atoms with Crippen LogP contribution < -0.4 is 0 Å². The van der Waals surface area contributed by atoms with Gasteiger partial charge in [-0.2, -0.15) is 0 Å². The summed E-state index contributed by atoms with van der Waals surface area (Å²) in [5.41, 5.74) is 4.76. The van der Waals surface area contributed by atoms with Crippen molar-refractivity contribution < 1.29 is 29.3 Å². The van der Waals surface area contributed by atoms with Gasteiger partial charge in [0.2, 0.25) is 0 Å². The number of carbonyl (C=O) groups excluding carboxylic acids is 2. The highest BCUT2D eigenvalue weighted by atomic mass is 16.5. The molecule has 2 N–H and O–H groups in total. The molecule has 0 fully saturated rings. The minimum atomic E-state index is -0.509. The summed E-state index contributed by atoms with van der Waals surface area (Å²) < 4.78 is 10.8. The summed E-state index contributed by atoms with van der Waals surface area (Å²) >= 11 is 0. The van der Waals surface area contributed by atoms with E-state index in [1.807, 2.05) is 13.8 Å². The Labute approximate surface area is 270 Å². The van der Waals surface area contributed by atoms with Gasteiger partial charge in [0.15, 0.2) is 0 Å². The van der Waals surface area contributed by atoms with Crippen molar-refractivity contribution in [2.45, 2.75) is 119 Å². The first-order valence-corrected chi connectivity index (χ1v) is 16.9. The molecular formula is C38H66O6. The summed E-state index contributed by atoms with van der Waals surface area (Å²) in [5.74, 6) is 1.08. The monoisotopic (exact) mass is 618 g/mol. The van der Waals surface area contributed by atoms with Crippen LogP contribution in [0.1, 0.15) is 116 Å². The normalized spacial score (nSPS) is 12.5. The van der Waals surface area contributed by atoms with E-state index in [-0.39, 0.29) is 24.4 Å². The fourth-order valence-electron chi connectivity index (χ4n) is 5.04. The van der Waals surface area contributed by atoms with Crippen LogP contribution in [-0.4, -0.2) is 56.0 Å². The van der Waals surface area contributed by atoms with Gasteiger partial charge in [-0.3, -0.25) is 4.79 Å². The highest BCUT2D eigenvalue weighted by Gasteiger charge is 2.20. The lowest BCUT2D eigenvalue weighted by Gasteiger charge is -2.25.